The van der Waals surface area contributed by atoms with Gasteiger partial charge in [0.1, 0.15) is 11.2 Å². The summed E-state index contributed by atoms with van der Waals surface area (Å²) in [5.74, 6) is 0.0491. The first kappa shape index (κ1) is 65.9. The van der Waals surface area contributed by atoms with Gasteiger partial charge in [-0.05, 0) is 234 Å². The average molecular weight is 1380 g/mol. The maximum absolute atomic E-state index is 7.24. The standard InChI is InChI=1S/C105H100O/c1-13-15-17-19-29-51-105(52-30-20-18-16-14-2)82-37-27-23-33-70(82)73-47-41-64(57-90(73)105)63-40-46-72-71-45-39-62(54-84(71)101(5,6)85(72)56-63)53-78(66-42-48-74-79-60-89-80(61-88(79)102(7,8)86(74)58-66)93-83(100(89,3)4)50-44-68-55-65-31-21-22-32-69(65)92(68)93)67-43-49-76-87(59-67)104(11,12)98-96(76)99-95(77-35-25-28-38-91(77)106-99)94-75-34-24-26-36-81(75)103(9,10)97(94)98/h21-28,31-50,54,56-61,78H,13-20,29-30,51-53,55H2,1-12H3. The molecule has 0 saturated carbocycles. The van der Waals surface area contributed by atoms with E-state index in [0.29, 0.717) is 0 Å². The zero-order valence-electron chi connectivity index (χ0n) is 64.6. The van der Waals surface area contributed by atoms with Crippen molar-refractivity contribution in [3.05, 3.63) is 307 Å². The normalized spacial score (nSPS) is 17.0. The van der Waals surface area contributed by atoms with Gasteiger partial charge in [0.15, 0.2) is 0 Å². The molecular formula is C105H100O. The van der Waals surface area contributed by atoms with Gasteiger partial charge in [0.05, 0.1) is 0 Å². The molecule has 0 spiro atoms. The first-order chi connectivity index (χ1) is 51.2. The monoisotopic (exact) mass is 1380 g/mol. The van der Waals surface area contributed by atoms with Crippen LogP contribution in [0.2, 0.25) is 0 Å². The van der Waals surface area contributed by atoms with Crippen LogP contribution in [0.25, 0.3) is 111 Å². The van der Waals surface area contributed by atoms with Crippen molar-refractivity contribution in [3.8, 4) is 89.0 Å². The van der Waals surface area contributed by atoms with Gasteiger partial charge in [-0.25, -0.2) is 0 Å². The Morgan fingerprint density at radius 3 is 1.53 bits per heavy atom. The minimum absolute atomic E-state index is 0.0368. The minimum Gasteiger partial charge on any atom is -0.455 e. The molecule has 0 amide bonds. The highest BCUT2D eigenvalue weighted by Crippen LogP contribution is 2.66. The van der Waals surface area contributed by atoms with Crippen molar-refractivity contribution >= 4 is 21.9 Å². The first-order valence-electron chi connectivity index (χ1n) is 40.6. The third kappa shape index (κ3) is 9.13. The smallest absolute Gasteiger partial charge is 0.144 e. The molecule has 7 aliphatic carbocycles. The molecule has 0 saturated heterocycles. The van der Waals surface area contributed by atoms with Crippen LogP contribution < -0.4 is 0 Å². The van der Waals surface area contributed by atoms with Crippen molar-refractivity contribution in [2.75, 3.05) is 0 Å². The molecule has 13 aromatic rings. The van der Waals surface area contributed by atoms with Crippen LogP contribution in [0.3, 0.4) is 0 Å². The summed E-state index contributed by atoms with van der Waals surface area (Å²) in [6.45, 7) is 29.6. The minimum atomic E-state index is -0.337. The fourth-order valence-electron chi connectivity index (χ4n) is 22.8. The molecule has 526 valence electrons. The lowest BCUT2D eigenvalue weighted by atomic mass is 9.70. The number of hydrogen-bond acceptors (Lipinski definition) is 1. The highest BCUT2D eigenvalue weighted by molar-refractivity contribution is 6.21. The predicted molar refractivity (Wildman–Crippen MR) is 447 cm³/mol. The second kappa shape index (κ2) is 23.5. The summed E-state index contributed by atoms with van der Waals surface area (Å²) < 4.78 is 7.24. The van der Waals surface area contributed by atoms with Crippen molar-refractivity contribution in [2.45, 2.75) is 211 Å². The molecule has 106 heavy (non-hydrogen) atoms. The Morgan fingerprint density at radius 1 is 0.321 bits per heavy atom. The van der Waals surface area contributed by atoms with Crippen molar-refractivity contribution < 1.29 is 4.42 Å². The molecule has 1 atom stereocenters. The Morgan fingerprint density at radius 2 is 0.811 bits per heavy atom. The number of fused-ring (bicyclic) bond motifs is 28. The van der Waals surface area contributed by atoms with Crippen LogP contribution in [-0.2, 0) is 45.3 Å². The quantitative estimate of drug-likeness (QED) is 0.0828. The average Bonchev–Trinajstić information content (AvgIpc) is 1.50. The molecule has 1 heterocycles. The van der Waals surface area contributed by atoms with Gasteiger partial charge in [-0.15, -0.1) is 0 Å². The number of para-hydroxylation sites is 1. The number of benzene rings is 12. The summed E-state index contributed by atoms with van der Waals surface area (Å²) in [6, 6.07) is 84.9. The van der Waals surface area contributed by atoms with E-state index in [2.05, 4.69) is 295 Å². The second-order valence-corrected chi connectivity index (χ2v) is 36.0. The molecule has 0 radical (unpaired) electrons. The highest BCUT2D eigenvalue weighted by Gasteiger charge is 2.51. The summed E-state index contributed by atoms with van der Waals surface area (Å²) in [7, 11) is 0. The zero-order valence-corrected chi connectivity index (χ0v) is 64.6. The van der Waals surface area contributed by atoms with E-state index in [1.54, 1.807) is 11.1 Å². The number of unbranched alkanes of at least 4 members (excludes halogenated alkanes) is 8. The lowest BCUT2D eigenvalue weighted by Gasteiger charge is -2.33. The van der Waals surface area contributed by atoms with E-state index in [0.717, 1.165) is 24.0 Å². The topological polar surface area (TPSA) is 13.1 Å². The predicted octanol–water partition coefficient (Wildman–Crippen LogP) is 28.7. The number of hydrogen-bond donors (Lipinski definition) is 0. The van der Waals surface area contributed by atoms with Gasteiger partial charge in [0.2, 0.25) is 0 Å². The Bertz CT molecular complexity index is 5900. The van der Waals surface area contributed by atoms with E-state index in [1.807, 2.05) is 0 Å². The number of furan rings is 1. The Kier molecular flexibility index (Phi) is 14.6. The molecular weight excluding hydrogens is 1280 g/mol. The van der Waals surface area contributed by atoms with Crippen LogP contribution in [-0.4, -0.2) is 0 Å². The van der Waals surface area contributed by atoms with E-state index >= 15 is 0 Å². The van der Waals surface area contributed by atoms with Crippen molar-refractivity contribution in [2.24, 2.45) is 0 Å². The van der Waals surface area contributed by atoms with E-state index in [1.165, 1.54) is 260 Å². The molecule has 0 bridgehead atoms. The van der Waals surface area contributed by atoms with Crippen LogP contribution in [0.1, 0.15) is 261 Å². The Labute approximate surface area is 629 Å². The van der Waals surface area contributed by atoms with Crippen molar-refractivity contribution in [1.82, 2.24) is 0 Å². The Balaban J connectivity index is 0.701. The lowest BCUT2D eigenvalue weighted by Crippen LogP contribution is -2.25. The van der Waals surface area contributed by atoms with Gasteiger partial charge in [-0.1, -0.05) is 329 Å². The third-order valence-electron chi connectivity index (χ3n) is 28.3. The first-order valence-corrected chi connectivity index (χ1v) is 40.6. The molecule has 0 N–H and O–H groups in total. The van der Waals surface area contributed by atoms with Gasteiger partial charge >= 0.3 is 0 Å². The maximum Gasteiger partial charge on any atom is 0.144 e. The second-order valence-electron chi connectivity index (χ2n) is 36.0. The van der Waals surface area contributed by atoms with Crippen molar-refractivity contribution in [3.63, 3.8) is 0 Å². The summed E-state index contributed by atoms with van der Waals surface area (Å²) >= 11 is 0. The van der Waals surface area contributed by atoms with Gasteiger partial charge < -0.3 is 4.42 Å². The molecule has 1 unspecified atom stereocenters. The maximum atomic E-state index is 7.24. The molecule has 0 aliphatic heterocycles. The van der Waals surface area contributed by atoms with Crippen LogP contribution in [0.15, 0.2) is 217 Å². The van der Waals surface area contributed by atoms with E-state index in [9.17, 15) is 0 Å². The van der Waals surface area contributed by atoms with Gasteiger partial charge in [0.25, 0.3) is 0 Å². The van der Waals surface area contributed by atoms with E-state index in [4.69, 9.17) is 4.42 Å². The van der Waals surface area contributed by atoms with Crippen LogP contribution >= 0.6 is 0 Å². The molecule has 1 heteroatoms. The van der Waals surface area contributed by atoms with E-state index < -0.39 is 0 Å². The van der Waals surface area contributed by atoms with Crippen LogP contribution in [0.5, 0.6) is 0 Å². The largest absolute Gasteiger partial charge is 0.455 e. The summed E-state index contributed by atoms with van der Waals surface area (Å²) in [5, 5.41) is 2.45. The van der Waals surface area contributed by atoms with Gasteiger partial charge in [-0.2, -0.15) is 0 Å². The molecule has 0 fully saturated rings. The third-order valence-corrected chi connectivity index (χ3v) is 28.3. The van der Waals surface area contributed by atoms with Crippen LogP contribution in [0.4, 0.5) is 0 Å². The molecule has 1 aromatic heterocycles. The molecule has 20 rings (SSSR count). The molecule has 12 aromatic carbocycles. The zero-order chi connectivity index (χ0) is 72.3. The summed E-state index contributed by atoms with van der Waals surface area (Å²) in [4.78, 5) is 0. The van der Waals surface area contributed by atoms with E-state index in [-0.39, 0.29) is 38.4 Å². The fraction of sp³-hybridized carbons (Fsp3) is 0.314. The SMILES string of the molecule is CCCCCCCC1(CCCCCCC)c2ccccc2-c2ccc(-c3ccc4c(c3)C(C)(C)c3cc(CC(c5ccc6c(c5)C(C)(C)c5cc7c(cc5-6)C(C)(C)c5ccc6c(c5-7)-c5ccccc5C6)c5ccc6c(c5)C(C)(C)c5c7c(c8c(oc9ccccc98)c5-6)-c5ccccc5C7(C)C)ccc3-4)cc21. The summed E-state index contributed by atoms with van der Waals surface area (Å²) in [5.41, 5.74) is 47.4. The van der Waals surface area contributed by atoms with Gasteiger partial charge in [0, 0.05) is 54.7 Å². The van der Waals surface area contributed by atoms with Crippen molar-refractivity contribution in [1.29, 1.82) is 0 Å². The Hall–Kier alpha value is -9.56. The number of rotatable bonds is 17. The van der Waals surface area contributed by atoms with Crippen LogP contribution in [0, 0.1) is 0 Å². The lowest BCUT2D eigenvalue weighted by molar-refractivity contribution is 0.399. The molecule has 1 nitrogen and oxygen atoms in total. The summed E-state index contributed by atoms with van der Waals surface area (Å²) in [6.07, 6.45) is 17.4. The molecule has 7 aliphatic rings. The van der Waals surface area contributed by atoms with Gasteiger partial charge in [-0.3, -0.25) is 0 Å². The fourth-order valence-corrected chi connectivity index (χ4v) is 22.8. The highest BCUT2D eigenvalue weighted by atomic mass is 16.3.